The summed E-state index contributed by atoms with van der Waals surface area (Å²) in [6.45, 7) is 0. The minimum atomic E-state index is 0.365. The molecule has 5 heteroatoms. The lowest BCUT2D eigenvalue weighted by atomic mass is 10.2. The number of nitrogens with zero attached hydrogens (tertiary/aromatic N) is 2. The van der Waals surface area contributed by atoms with Gasteiger partial charge in [0.15, 0.2) is 11.5 Å². The van der Waals surface area contributed by atoms with Gasteiger partial charge in [-0.25, -0.2) is 4.98 Å². The van der Waals surface area contributed by atoms with Crippen LogP contribution in [0.15, 0.2) is 36.8 Å². The molecule has 0 amide bonds. The van der Waals surface area contributed by atoms with Gasteiger partial charge in [-0.3, -0.25) is 9.78 Å². The second-order valence-electron chi connectivity index (χ2n) is 3.17. The van der Waals surface area contributed by atoms with Gasteiger partial charge in [-0.15, -0.1) is 0 Å². The van der Waals surface area contributed by atoms with E-state index in [0.29, 0.717) is 22.9 Å². The van der Waals surface area contributed by atoms with Gasteiger partial charge in [0.05, 0.1) is 13.3 Å². The SMILES string of the molecule is COc1cc(C=O)ccc1Oc1cnccn1. The van der Waals surface area contributed by atoms with E-state index in [2.05, 4.69) is 9.97 Å². The fraction of sp³-hybridized carbons (Fsp3) is 0.0833. The summed E-state index contributed by atoms with van der Waals surface area (Å²) in [5, 5.41) is 0. The summed E-state index contributed by atoms with van der Waals surface area (Å²) >= 11 is 0. The van der Waals surface area contributed by atoms with Crippen LogP contribution in [0, 0.1) is 0 Å². The number of hydrogen-bond donors (Lipinski definition) is 0. The molecule has 2 aromatic rings. The number of carbonyl (C=O) groups excluding carboxylic acids is 1. The van der Waals surface area contributed by atoms with Gasteiger partial charge in [-0.05, 0) is 18.2 Å². The Hall–Kier alpha value is -2.43. The number of ether oxygens (including phenoxy) is 2. The average molecular weight is 230 g/mol. The summed E-state index contributed by atoms with van der Waals surface area (Å²) in [7, 11) is 1.51. The highest BCUT2D eigenvalue weighted by atomic mass is 16.5. The first-order valence-electron chi connectivity index (χ1n) is 4.90. The Morgan fingerprint density at radius 3 is 2.76 bits per heavy atom. The van der Waals surface area contributed by atoms with Crippen LogP contribution in [-0.2, 0) is 0 Å². The van der Waals surface area contributed by atoms with Gasteiger partial charge in [-0.1, -0.05) is 0 Å². The van der Waals surface area contributed by atoms with E-state index in [4.69, 9.17) is 9.47 Å². The van der Waals surface area contributed by atoms with Crippen LogP contribution in [0.4, 0.5) is 0 Å². The van der Waals surface area contributed by atoms with Crippen molar-refractivity contribution in [1.82, 2.24) is 9.97 Å². The smallest absolute Gasteiger partial charge is 0.238 e. The largest absolute Gasteiger partial charge is 0.493 e. The number of benzene rings is 1. The minimum absolute atomic E-state index is 0.365. The molecular weight excluding hydrogens is 220 g/mol. The quantitative estimate of drug-likeness (QED) is 0.752. The third-order valence-corrected chi connectivity index (χ3v) is 2.08. The Balaban J connectivity index is 2.29. The highest BCUT2D eigenvalue weighted by Crippen LogP contribution is 2.30. The third kappa shape index (κ3) is 2.57. The minimum Gasteiger partial charge on any atom is -0.493 e. The predicted octanol–water partition coefficient (Wildman–Crippen LogP) is 2.09. The normalized spacial score (nSPS) is 9.71. The van der Waals surface area contributed by atoms with E-state index in [9.17, 15) is 4.79 Å². The molecule has 0 radical (unpaired) electrons. The maximum absolute atomic E-state index is 10.6. The summed E-state index contributed by atoms with van der Waals surface area (Å²) in [4.78, 5) is 18.5. The molecule has 2 rings (SSSR count). The topological polar surface area (TPSA) is 61.3 Å². The second-order valence-corrected chi connectivity index (χ2v) is 3.17. The zero-order valence-electron chi connectivity index (χ0n) is 9.16. The molecule has 0 N–H and O–H groups in total. The van der Waals surface area contributed by atoms with E-state index in [1.54, 1.807) is 24.4 Å². The average Bonchev–Trinajstić information content (AvgIpc) is 2.40. The van der Waals surface area contributed by atoms with Crippen molar-refractivity contribution in [3.8, 4) is 17.4 Å². The second kappa shape index (κ2) is 5.07. The highest BCUT2D eigenvalue weighted by Gasteiger charge is 2.07. The number of carbonyl (C=O) groups is 1. The summed E-state index contributed by atoms with van der Waals surface area (Å²) in [5.41, 5.74) is 0.522. The van der Waals surface area contributed by atoms with Gasteiger partial charge in [-0.2, -0.15) is 0 Å². The van der Waals surface area contributed by atoms with E-state index in [-0.39, 0.29) is 0 Å². The number of aldehydes is 1. The zero-order chi connectivity index (χ0) is 12.1. The lowest BCUT2D eigenvalue weighted by Gasteiger charge is -2.09. The van der Waals surface area contributed by atoms with E-state index in [1.165, 1.54) is 19.5 Å². The fourth-order valence-corrected chi connectivity index (χ4v) is 1.29. The van der Waals surface area contributed by atoms with Crippen molar-refractivity contribution in [2.24, 2.45) is 0 Å². The van der Waals surface area contributed by atoms with E-state index in [1.807, 2.05) is 0 Å². The van der Waals surface area contributed by atoms with Crippen LogP contribution in [0.5, 0.6) is 17.4 Å². The summed E-state index contributed by atoms with van der Waals surface area (Å²) in [5.74, 6) is 1.32. The van der Waals surface area contributed by atoms with Crippen molar-refractivity contribution < 1.29 is 14.3 Å². The molecular formula is C12H10N2O3. The van der Waals surface area contributed by atoms with Crippen molar-refractivity contribution in [1.29, 1.82) is 0 Å². The number of hydrogen-bond acceptors (Lipinski definition) is 5. The molecule has 1 aromatic carbocycles. The van der Waals surface area contributed by atoms with Crippen molar-refractivity contribution >= 4 is 6.29 Å². The Morgan fingerprint density at radius 2 is 2.12 bits per heavy atom. The molecule has 1 aromatic heterocycles. The van der Waals surface area contributed by atoms with E-state index >= 15 is 0 Å². The lowest BCUT2D eigenvalue weighted by Crippen LogP contribution is -1.93. The highest BCUT2D eigenvalue weighted by molar-refractivity contribution is 5.76. The maximum Gasteiger partial charge on any atom is 0.238 e. The summed E-state index contributed by atoms with van der Waals surface area (Å²) in [6.07, 6.45) is 5.32. The van der Waals surface area contributed by atoms with Crippen LogP contribution >= 0.6 is 0 Å². The molecule has 0 unspecified atom stereocenters. The number of methoxy groups -OCH3 is 1. The molecule has 0 aliphatic carbocycles. The lowest BCUT2D eigenvalue weighted by molar-refractivity contribution is 0.112. The van der Waals surface area contributed by atoms with Crippen LogP contribution in [0.1, 0.15) is 10.4 Å². The van der Waals surface area contributed by atoms with Crippen molar-refractivity contribution in [3.63, 3.8) is 0 Å². The number of rotatable bonds is 4. The molecule has 0 saturated carbocycles. The van der Waals surface area contributed by atoms with Crippen LogP contribution < -0.4 is 9.47 Å². The molecule has 0 aliphatic rings. The van der Waals surface area contributed by atoms with Crippen LogP contribution in [0.2, 0.25) is 0 Å². The van der Waals surface area contributed by atoms with Gasteiger partial charge >= 0.3 is 0 Å². The van der Waals surface area contributed by atoms with Gasteiger partial charge < -0.3 is 9.47 Å². The first kappa shape index (κ1) is 11.1. The molecule has 0 bridgehead atoms. The molecule has 1 heterocycles. The molecule has 86 valence electrons. The monoisotopic (exact) mass is 230 g/mol. The van der Waals surface area contributed by atoms with Crippen LogP contribution in [0.3, 0.4) is 0 Å². The van der Waals surface area contributed by atoms with Crippen molar-refractivity contribution in [2.75, 3.05) is 7.11 Å². The van der Waals surface area contributed by atoms with E-state index in [0.717, 1.165) is 6.29 Å². The zero-order valence-corrected chi connectivity index (χ0v) is 9.16. The molecule has 17 heavy (non-hydrogen) atoms. The fourth-order valence-electron chi connectivity index (χ4n) is 1.29. The standard InChI is InChI=1S/C12H10N2O3/c1-16-11-6-9(8-15)2-3-10(11)17-12-7-13-4-5-14-12/h2-8H,1H3. The van der Waals surface area contributed by atoms with E-state index < -0.39 is 0 Å². The Morgan fingerprint density at radius 1 is 1.24 bits per heavy atom. The number of aromatic nitrogens is 2. The molecule has 0 spiro atoms. The summed E-state index contributed by atoms with van der Waals surface area (Å²) < 4.78 is 10.6. The van der Waals surface area contributed by atoms with Gasteiger partial charge in [0.2, 0.25) is 5.88 Å². The third-order valence-electron chi connectivity index (χ3n) is 2.08. The molecule has 0 fully saturated rings. The van der Waals surface area contributed by atoms with Crippen LogP contribution in [0.25, 0.3) is 0 Å². The molecule has 0 saturated heterocycles. The molecule has 0 aliphatic heterocycles. The Bertz CT molecular complexity index is 514. The molecule has 5 nitrogen and oxygen atoms in total. The first-order valence-corrected chi connectivity index (χ1v) is 4.90. The summed E-state index contributed by atoms with van der Waals surface area (Å²) in [6, 6.07) is 4.89. The maximum atomic E-state index is 10.6. The van der Waals surface area contributed by atoms with Gasteiger partial charge in [0.25, 0.3) is 0 Å². The first-order chi connectivity index (χ1) is 8.33. The Kier molecular flexibility index (Phi) is 3.30. The predicted molar refractivity (Wildman–Crippen MR) is 60.5 cm³/mol. The van der Waals surface area contributed by atoms with Crippen molar-refractivity contribution in [3.05, 3.63) is 42.4 Å². The molecule has 0 atom stereocenters. The van der Waals surface area contributed by atoms with Gasteiger partial charge in [0.1, 0.15) is 6.29 Å². The van der Waals surface area contributed by atoms with Crippen molar-refractivity contribution in [2.45, 2.75) is 0 Å². The van der Waals surface area contributed by atoms with Crippen LogP contribution in [-0.4, -0.2) is 23.4 Å². The van der Waals surface area contributed by atoms with Gasteiger partial charge in [0, 0.05) is 18.0 Å². The Labute approximate surface area is 98.0 Å².